The smallest absolute Gasteiger partial charge is 0.351 e. The van der Waals surface area contributed by atoms with Crippen LogP contribution in [0.15, 0.2) is 18.2 Å². The van der Waals surface area contributed by atoms with Crippen LogP contribution in [0, 0.1) is 0 Å². The normalized spacial score (nSPS) is 11.2. The van der Waals surface area contributed by atoms with E-state index in [1.165, 1.54) is 17.8 Å². The van der Waals surface area contributed by atoms with Crippen LogP contribution < -0.4 is 16.6 Å². The molecule has 0 aliphatic carbocycles. The molecule has 8 heteroatoms. The van der Waals surface area contributed by atoms with Gasteiger partial charge in [-0.1, -0.05) is 0 Å². The predicted octanol–water partition coefficient (Wildman–Crippen LogP) is 2.08. The van der Waals surface area contributed by atoms with E-state index in [9.17, 15) is 18.0 Å². The van der Waals surface area contributed by atoms with Gasteiger partial charge in [-0.25, -0.2) is 0 Å². The Balaban J connectivity index is 2.95. The molecule has 4 N–H and O–H groups in total. The largest absolute Gasteiger partial charge is 0.418 e. The van der Waals surface area contributed by atoms with Gasteiger partial charge in [-0.2, -0.15) is 24.9 Å². The van der Waals surface area contributed by atoms with Crippen LogP contribution in [0.2, 0.25) is 0 Å². The SMILES string of the molecule is CSCCNC(=O)c1ccc(NN)c(C(F)(F)F)c1. The quantitative estimate of drug-likeness (QED) is 0.442. The molecule has 0 spiro atoms. The Morgan fingerprint density at radius 1 is 1.42 bits per heavy atom. The Morgan fingerprint density at radius 2 is 2.11 bits per heavy atom. The molecule has 0 fully saturated rings. The average Bonchev–Trinajstić information content (AvgIpc) is 2.37. The van der Waals surface area contributed by atoms with E-state index in [0.717, 1.165) is 12.1 Å². The second-order valence-corrected chi connectivity index (χ2v) is 4.64. The van der Waals surface area contributed by atoms with E-state index in [1.54, 1.807) is 0 Å². The number of carbonyl (C=O) groups is 1. The number of nitrogen functional groups attached to an aromatic ring is 1. The number of halogens is 3. The van der Waals surface area contributed by atoms with Gasteiger partial charge >= 0.3 is 6.18 Å². The van der Waals surface area contributed by atoms with Gasteiger partial charge in [0.25, 0.3) is 5.91 Å². The van der Waals surface area contributed by atoms with Crippen molar-refractivity contribution < 1.29 is 18.0 Å². The lowest BCUT2D eigenvalue weighted by molar-refractivity contribution is -0.137. The number of benzene rings is 1. The first-order valence-corrected chi connectivity index (χ1v) is 6.74. The number of anilines is 1. The number of hydrogen-bond donors (Lipinski definition) is 3. The molecule has 0 bridgehead atoms. The molecule has 1 rings (SSSR count). The van der Waals surface area contributed by atoms with Crippen molar-refractivity contribution in [3.05, 3.63) is 29.3 Å². The minimum atomic E-state index is -4.57. The highest BCUT2D eigenvalue weighted by atomic mass is 32.2. The highest BCUT2D eigenvalue weighted by Crippen LogP contribution is 2.35. The van der Waals surface area contributed by atoms with Crippen molar-refractivity contribution in [3.8, 4) is 0 Å². The molecular formula is C11H14F3N3OS. The van der Waals surface area contributed by atoms with Gasteiger partial charge in [0.05, 0.1) is 11.3 Å². The average molecular weight is 293 g/mol. The topological polar surface area (TPSA) is 67.2 Å². The summed E-state index contributed by atoms with van der Waals surface area (Å²) < 4.78 is 38.3. The highest BCUT2D eigenvalue weighted by Gasteiger charge is 2.34. The number of amides is 1. The lowest BCUT2D eigenvalue weighted by atomic mass is 10.1. The molecule has 0 heterocycles. The molecule has 1 amide bonds. The third-order valence-electron chi connectivity index (χ3n) is 2.33. The monoisotopic (exact) mass is 293 g/mol. The fourth-order valence-electron chi connectivity index (χ4n) is 1.41. The van der Waals surface area contributed by atoms with Crippen molar-refractivity contribution in [1.82, 2.24) is 5.32 Å². The summed E-state index contributed by atoms with van der Waals surface area (Å²) in [4.78, 5) is 11.7. The van der Waals surface area contributed by atoms with Crippen LogP contribution >= 0.6 is 11.8 Å². The van der Waals surface area contributed by atoms with Crippen molar-refractivity contribution in [2.24, 2.45) is 5.84 Å². The fraction of sp³-hybridized carbons (Fsp3) is 0.364. The summed E-state index contributed by atoms with van der Waals surface area (Å²) in [6.07, 6.45) is -2.70. The number of carbonyl (C=O) groups excluding carboxylic acids is 1. The number of alkyl halides is 3. The summed E-state index contributed by atoms with van der Waals surface area (Å²) in [5.74, 6) is 5.17. The minimum Gasteiger partial charge on any atom is -0.351 e. The summed E-state index contributed by atoms with van der Waals surface area (Å²) in [6, 6.07) is 3.20. The molecule has 106 valence electrons. The zero-order chi connectivity index (χ0) is 14.5. The maximum Gasteiger partial charge on any atom is 0.418 e. The van der Waals surface area contributed by atoms with Crippen LogP contribution in [0.4, 0.5) is 18.9 Å². The van der Waals surface area contributed by atoms with Crippen LogP contribution in [-0.4, -0.2) is 24.5 Å². The summed E-state index contributed by atoms with van der Waals surface area (Å²) in [5.41, 5.74) is 0.681. The van der Waals surface area contributed by atoms with Crippen molar-refractivity contribution in [2.75, 3.05) is 24.0 Å². The maximum absolute atomic E-state index is 12.8. The van der Waals surface area contributed by atoms with Gasteiger partial charge in [-0.3, -0.25) is 10.6 Å². The standard InChI is InChI=1S/C11H14F3N3OS/c1-19-5-4-16-10(18)7-2-3-9(17-15)8(6-7)11(12,13)14/h2-3,6,17H,4-5,15H2,1H3,(H,16,18). The van der Waals surface area contributed by atoms with E-state index in [0.29, 0.717) is 12.3 Å². The van der Waals surface area contributed by atoms with Crippen LogP contribution in [0.1, 0.15) is 15.9 Å². The number of hydrazine groups is 1. The van der Waals surface area contributed by atoms with Crippen molar-refractivity contribution in [1.29, 1.82) is 0 Å². The van der Waals surface area contributed by atoms with Gasteiger partial charge in [0.1, 0.15) is 0 Å². The van der Waals surface area contributed by atoms with Crippen LogP contribution in [-0.2, 0) is 6.18 Å². The molecule has 0 aromatic heterocycles. The van der Waals surface area contributed by atoms with Crippen LogP contribution in [0.5, 0.6) is 0 Å². The lowest BCUT2D eigenvalue weighted by Crippen LogP contribution is -2.26. The minimum absolute atomic E-state index is 0.0487. The number of rotatable bonds is 5. The van der Waals surface area contributed by atoms with Crippen molar-refractivity contribution >= 4 is 23.4 Å². The Morgan fingerprint density at radius 3 is 2.63 bits per heavy atom. The molecule has 0 aliphatic heterocycles. The third-order valence-corrected chi connectivity index (χ3v) is 2.95. The van der Waals surface area contributed by atoms with Crippen molar-refractivity contribution in [3.63, 3.8) is 0 Å². The van der Waals surface area contributed by atoms with Gasteiger partial charge in [-0.15, -0.1) is 0 Å². The summed E-state index contributed by atoms with van der Waals surface area (Å²) in [7, 11) is 0. The van der Waals surface area contributed by atoms with Crippen molar-refractivity contribution in [2.45, 2.75) is 6.18 Å². The summed E-state index contributed by atoms with van der Waals surface area (Å²) in [6.45, 7) is 0.401. The second-order valence-electron chi connectivity index (χ2n) is 3.65. The summed E-state index contributed by atoms with van der Waals surface area (Å²) in [5, 5.41) is 2.54. The van der Waals surface area contributed by atoms with E-state index in [-0.39, 0.29) is 11.3 Å². The molecule has 1 aromatic carbocycles. The number of thioether (sulfide) groups is 1. The van der Waals surface area contributed by atoms with E-state index in [4.69, 9.17) is 5.84 Å². The molecule has 4 nitrogen and oxygen atoms in total. The molecule has 0 saturated heterocycles. The first kappa shape index (κ1) is 15.6. The molecule has 0 radical (unpaired) electrons. The highest BCUT2D eigenvalue weighted by molar-refractivity contribution is 7.98. The van der Waals surface area contributed by atoms with Gasteiger partial charge in [0.2, 0.25) is 0 Å². The van der Waals surface area contributed by atoms with E-state index >= 15 is 0 Å². The van der Waals surface area contributed by atoms with E-state index in [1.807, 2.05) is 11.7 Å². The number of hydrogen-bond acceptors (Lipinski definition) is 4. The summed E-state index contributed by atoms with van der Waals surface area (Å²) >= 11 is 1.53. The lowest BCUT2D eigenvalue weighted by Gasteiger charge is -2.13. The molecule has 0 saturated carbocycles. The first-order chi connectivity index (χ1) is 8.90. The van der Waals surface area contributed by atoms with Gasteiger partial charge < -0.3 is 10.7 Å². The van der Waals surface area contributed by atoms with E-state index < -0.39 is 17.6 Å². The van der Waals surface area contributed by atoms with Crippen LogP contribution in [0.25, 0.3) is 0 Å². The Hall–Kier alpha value is -1.41. The zero-order valence-corrected chi connectivity index (χ0v) is 11.0. The number of nitrogens with one attached hydrogen (secondary N) is 2. The van der Waals surface area contributed by atoms with Gasteiger partial charge in [0, 0.05) is 17.9 Å². The van der Waals surface area contributed by atoms with Crippen LogP contribution in [0.3, 0.4) is 0 Å². The fourth-order valence-corrected chi connectivity index (χ4v) is 1.72. The predicted molar refractivity (Wildman–Crippen MR) is 70.0 cm³/mol. The molecular weight excluding hydrogens is 279 g/mol. The van der Waals surface area contributed by atoms with Gasteiger partial charge in [-0.05, 0) is 24.5 Å². The van der Waals surface area contributed by atoms with E-state index in [2.05, 4.69) is 5.32 Å². The second kappa shape index (κ2) is 6.67. The first-order valence-electron chi connectivity index (χ1n) is 5.35. The number of nitrogens with two attached hydrogens (primary N) is 1. The Labute approximate surface area is 112 Å². The molecule has 0 atom stereocenters. The molecule has 1 aromatic rings. The maximum atomic E-state index is 12.8. The Bertz CT molecular complexity index is 451. The molecule has 19 heavy (non-hydrogen) atoms. The molecule has 0 unspecified atom stereocenters. The zero-order valence-electron chi connectivity index (χ0n) is 10.2. The molecule has 0 aliphatic rings. The third kappa shape index (κ3) is 4.32. The van der Waals surface area contributed by atoms with Gasteiger partial charge in [0.15, 0.2) is 0 Å². The Kier molecular flexibility index (Phi) is 5.49.